The summed E-state index contributed by atoms with van der Waals surface area (Å²) in [5.74, 6) is 8.90. The highest BCUT2D eigenvalue weighted by Gasteiger charge is 2.50. The summed E-state index contributed by atoms with van der Waals surface area (Å²) >= 11 is 0. The van der Waals surface area contributed by atoms with E-state index >= 15 is 0 Å². The van der Waals surface area contributed by atoms with Crippen LogP contribution >= 0.6 is 0 Å². The van der Waals surface area contributed by atoms with Crippen LogP contribution in [0.5, 0.6) is 69.0 Å². The zero-order valence-corrected chi connectivity index (χ0v) is 81.9. The van der Waals surface area contributed by atoms with Crippen LogP contribution < -0.4 is 56.8 Å². The van der Waals surface area contributed by atoms with E-state index < -0.39 is 22.3 Å². The van der Waals surface area contributed by atoms with Gasteiger partial charge in [0.25, 0.3) is 0 Å². The van der Waals surface area contributed by atoms with Crippen molar-refractivity contribution < 1.29 is 96.2 Å². The lowest BCUT2D eigenvalue weighted by atomic mass is 9.68. The Kier molecular flexibility index (Phi) is 29.4. The van der Waals surface area contributed by atoms with Gasteiger partial charge in [-0.2, -0.15) is 0 Å². The zero-order chi connectivity index (χ0) is 101. The summed E-state index contributed by atoms with van der Waals surface area (Å²) in [6.07, 6.45) is 2.22. The van der Waals surface area contributed by atoms with Gasteiger partial charge in [-0.15, -0.1) is 0 Å². The molecule has 5 atom stereocenters. The van der Waals surface area contributed by atoms with Gasteiger partial charge >= 0.3 is 0 Å². The van der Waals surface area contributed by atoms with E-state index in [0.29, 0.717) is 66.7 Å². The summed E-state index contributed by atoms with van der Waals surface area (Å²) < 4.78 is 94.0. The largest absolute Gasteiger partial charge is 0.516 e. The molecule has 4 saturated heterocycles. The highest BCUT2D eigenvalue weighted by atomic mass is 16.7. The molecule has 4 heterocycles. The zero-order valence-electron chi connectivity index (χ0n) is 81.9. The smallest absolute Gasteiger partial charge is 0.230 e. The first-order valence-corrected chi connectivity index (χ1v) is 49.7. The fraction of sp³-hybridized carbons (Fsp3) is 0.163. The number of benzene rings is 18. The third-order valence-electron chi connectivity index (χ3n) is 27.5. The molecule has 0 spiro atoms. The van der Waals surface area contributed by atoms with Crippen LogP contribution in [0.25, 0.3) is 65.7 Å². The van der Waals surface area contributed by atoms with Crippen LogP contribution in [0.2, 0.25) is 0 Å². The molecule has 0 radical (unpaired) electrons. The molecule has 4 aliphatic heterocycles. The lowest BCUT2D eigenvalue weighted by molar-refractivity contribution is 0.0627. The van der Waals surface area contributed by atoms with Crippen LogP contribution in [-0.2, 0) is 35.2 Å². The predicted molar refractivity (Wildman–Crippen MR) is 578 cm³/mol. The third-order valence-corrected chi connectivity index (χ3v) is 27.5. The quantitative estimate of drug-likeness (QED) is 0.0162. The average molecular weight is 1980 g/mol. The molecular formula is C129H110O20. The molecule has 0 aromatic heterocycles. The Morgan fingerprint density at radius 1 is 0.221 bits per heavy atom. The second-order valence-electron chi connectivity index (χ2n) is 36.8. The summed E-state index contributed by atoms with van der Waals surface area (Å²) in [4.78, 5) is 0. The molecule has 0 amide bonds. The molecule has 3 aliphatic carbocycles. The van der Waals surface area contributed by atoms with Gasteiger partial charge < -0.3 is 96.2 Å². The van der Waals surface area contributed by atoms with E-state index in [1.165, 1.54) is 77.9 Å². The number of fused-ring (bicyclic) bond motifs is 12. The van der Waals surface area contributed by atoms with E-state index in [0.717, 1.165) is 129 Å². The van der Waals surface area contributed by atoms with Crippen molar-refractivity contribution in [2.24, 2.45) is 0 Å². The van der Waals surface area contributed by atoms with Crippen LogP contribution in [0, 0.1) is 0 Å². The van der Waals surface area contributed by atoms with Crippen LogP contribution in [0.15, 0.2) is 439 Å². The number of hydrogen-bond acceptors (Lipinski definition) is 20. The molecule has 746 valence electrons. The molecule has 0 saturated carbocycles. The third kappa shape index (κ3) is 21.3. The van der Waals surface area contributed by atoms with Crippen molar-refractivity contribution in [1.29, 1.82) is 0 Å². The van der Waals surface area contributed by atoms with Gasteiger partial charge in [0.15, 0.2) is 0 Å². The van der Waals surface area contributed by atoms with Gasteiger partial charge in [0.1, 0.15) is 139 Å². The Balaban J connectivity index is 0.000000164. The minimum Gasteiger partial charge on any atom is -0.516 e. The summed E-state index contributed by atoms with van der Waals surface area (Å²) in [5.41, 5.74) is 19.9. The van der Waals surface area contributed by atoms with Crippen LogP contribution in [0.3, 0.4) is 0 Å². The first kappa shape index (κ1) is 97.8. The highest BCUT2D eigenvalue weighted by Crippen LogP contribution is 2.60. The number of rotatable bonds is 36. The summed E-state index contributed by atoms with van der Waals surface area (Å²) in [5, 5.41) is 39.1. The van der Waals surface area contributed by atoms with Crippen molar-refractivity contribution in [3.05, 3.63) is 506 Å². The monoisotopic (exact) mass is 1980 g/mol. The molecule has 0 bridgehead atoms. The van der Waals surface area contributed by atoms with Crippen LogP contribution in [0.4, 0.5) is 0 Å². The molecule has 20 heteroatoms. The summed E-state index contributed by atoms with van der Waals surface area (Å²) in [6, 6.07) is 138. The molecule has 18 aromatic rings. The summed E-state index contributed by atoms with van der Waals surface area (Å²) in [6.45, 7) is 14.4. The molecule has 149 heavy (non-hydrogen) atoms. The Labute approximate surface area is 864 Å². The lowest BCUT2D eigenvalue weighted by Crippen LogP contribution is -2.28. The number of aliphatic hydroxyl groups is 4. The number of aliphatic hydroxyl groups excluding tert-OH is 4. The second kappa shape index (κ2) is 44.8. The minimum absolute atomic E-state index is 0.0510. The average Bonchev–Trinajstić information content (AvgIpc) is 1.55. The Morgan fingerprint density at radius 2 is 0.376 bits per heavy atom. The van der Waals surface area contributed by atoms with E-state index in [2.05, 4.69) is 262 Å². The van der Waals surface area contributed by atoms with Crippen molar-refractivity contribution in [2.75, 3.05) is 86.4 Å². The van der Waals surface area contributed by atoms with Crippen LogP contribution in [-0.4, -0.2) is 137 Å². The molecule has 18 aromatic carbocycles. The maximum Gasteiger partial charge on any atom is 0.230 e. The molecular weight excluding hydrogens is 1870 g/mol. The molecule has 4 N–H and O–H groups in total. The van der Waals surface area contributed by atoms with Gasteiger partial charge in [0.05, 0.1) is 61.5 Å². The van der Waals surface area contributed by atoms with Gasteiger partial charge in [-0.05, 0) is 278 Å². The lowest BCUT2D eigenvalue weighted by Gasteiger charge is -2.34. The second-order valence-corrected chi connectivity index (χ2v) is 36.8. The fourth-order valence-electron chi connectivity index (χ4n) is 20.4. The topological polar surface area (TPSA) is 242 Å². The van der Waals surface area contributed by atoms with Crippen molar-refractivity contribution in [1.82, 2.24) is 0 Å². The number of hydrogen-bond donors (Lipinski definition) is 4. The van der Waals surface area contributed by atoms with Crippen molar-refractivity contribution in [3.8, 4) is 102 Å². The van der Waals surface area contributed by atoms with Crippen molar-refractivity contribution >= 4 is 32.3 Å². The highest BCUT2D eigenvalue weighted by molar-refractivity contribution is 5.91. The van der Waals surface area contributed by atoms with Gasteiger partial charge in [0.2, 0.25) is 20.4 Å². The number of epoxide rings is 4. The van der Waals surface area contributed by atoms with Gasteiger partial charge in [-0.25, -0.2) is 0 Å². The fourth-order valence-corrected chi connectivity index (χ4v) is 20.4. The Hall–Kier alpha value is -17.2. The Morgan fingerprint density at radius 3 is 0.584 bits per heavy atom. The number of ether oxygens (including phenoxy) is 16. The predicted octanol–water partition coefficient (Wildman–Crippen LogP) is 26.2. The van der Waals surface area contributed by atoms with E-state index in [4.69, 9.17) is 91.1 Å². The maximum absolute atomic E-state index is 10.9. The van der Waals surface area contributed by atoms with Gasteiger partial charge in [-0.1, -0.05) is 275 Å². The van der Waals surface area contributed by atoms with Crippen LogP contribution in [0.1, 0.15) is 66.8 Å². The molecule has 5 unspecified atom stereocenters. The van der Waals surface area contributed by atoms with E-state index in [9.17, 15) is 5.11 Å². The maximum atomic E-state index is 10.9. The minimum atomic E-state index is -0.837. The molecule has 20 nitrogen and oxygen atoms in total. The first-order chi connectivity index (χ1) is 73.4. The van der Waals surface area contributed by atoms with E-state index in [-0.39, 0.29) is 58.0 Å². The van der Waals surface area contributed by atoms with E-state index in [1.807, 2.05) is 158 Å². The molecule has 4 fully saturated rings. The van der Waals surface area contributed by atoms with Gasteiger partial charge in [-0.3, -0.25) is 0 Å². The van der Waals surface area contributed by atoms with E-state index in [1.54, 1.807) is 0 Å². The van der Waals surface area contributed by atoms with Gasteiger partial charge in [0, 0.05) is 0 Å². The summed E-state index contributed by atoms with van der Waals surface area (Å²) in [7, 11) is 0. The molecule has 7 aliphatic rings. The standard InChI is InChI=1S/C68H52O8.C55H46O9.3C2H4O/c1-5-13-63-59(9-1)60-10-2-6-14-64(60)67(63,47-19-29-51(30-20-47)69-39-57-41-71-57)49-23-33-53(34-24-49)73-43-75-55-27-17-46-38-56(28-18-45(46)37-55)76-44-74-54-35-25-50(26-36-54)68(48-21-31-52(32-22-48)70-40-58-42-72-58)65-15-7-3-11-61(65)62-12-4-8-16-66(62)68;56-42(30-58-45-17-9-37-26-46(18-10-36(37)25-45)59-31-49-33-61-49)29-57-43-21-13-40(14-22-43)55(53-7-3-1-5-51(53)52-6-2-4-8-54(52)55)41-15-23-44(24-16-41)63-35-64-48-20-12-38-27-47(19-11-39(38)28-48)60-32-50-34-62-50;3*1-2-3/h1-38,57-58H,39-44H2;1-28,42,49-50,56H,29-35H2;3*2-3H,1H2. The van der Waals surface area contributed by atoms with Crippen molar-refractivity contribution in [3.63, 3.8) is 0 Å². The Bertz CT molecular complexity index is 7330. The first-order valence-electron chi connectivity index (χ1n) is 49.7. The normalized spacial score (nSPS) is 16.0. The van der Waals surface area contributed by atoms with Crippen molar-refractivity contribution in [2.45, 2.75) is 46.8 Å². The molecule has 25 rings (SSSR count). The SMILES string of the molecule is C=CO.C=CO.C=CO.OC(COc1ccc(C2(c3ccc(OCOc4ccc5cc(OCC6CO6)ccc5c4)cc3)c3ccccc3-c3ccccc32)cc1)COc1ccc2cc(OCC3CO3)ccc2c1.c1ccc2c(c1)-c1ccccc1C2(c1ccc(OCOc2ccc3cc(OCOc4ccc(C5(c6ccc(OCC7CO7)cc6)c6ccccc6-c6ccccc65)cc4)ccc3c2)cc1)c1ccc(OCC2CO2)cc1.